The van der Waals surface area contributed by atoms with Gasteiger partial charge in [0.1, 0.15) is 0 Å². The second-order valence-corrected chi connectivity index (χ2v) is 10.4. The Labute approximate surface area is 162 Å². The number of piperazine rings is 1. The monoisotopic (exact) mass is 410 g/mol. The number of anilines is 1. The van der Waals surface area contributed by atoms with Crippen LogP contribution in [-0.4, -0.2) is 55.9 Å². The molecule has 2 aliphatic rings. The number of halogens is 1. The van der Waals surface area contributed by atoms with Crippen LogP contribution in [0.15, 0.2) is 41.8 Å². The minimum Gasteiger partial charge on any atom is -0.306 e. The maximum absolute atomic E-state index is 12.9. The van der Waals surface area contributed by atoms with Gasteiger partial charge >= 0.3 is 0 Å². The van der Waals surface area contributed by atoms with Gasteiger partial charge in [0, 0.05) is 28.2 Å². The first-order valence-electron chi connectivity index (χ1n) is 8.47. The average Bonchev–Trinajstić information content (AvgIpc) is 3.19. The Kier molecular flexibility index (Phi) is 4.81. The molecule has 2 aliphatic heterocycles. The smallest absolute Gasteiger partial charge is 0.241 e. The van der Waals surface area contributed by atoms with Crippen LogP contribution in [0.1, 0.15) is 4.88 Å². The van der Waals surface area contributed by atoms with Crippen molar-refractivity contribution in [3.63, 3.8) is 0 Å². The quantitative estimate of drug-likeness (QED) is 0.776. The van der Waals surface area contributed by atoms with Gasteiger partial charge in [0.2, 0.25) is 5.91 Å². The van der Waals surface area contributed by atoms with Crippen LogP contribution in [0, 0.1) is 0 Å². The lowest BCUT2D eigenvalue weighted by atomic mass is 10.0. The molecule has 0 saturated carbocycles. The van der Waals surface area contributed by atoms with Gasteiger partial charge in [0.15, 0.2) is 9.84 Å². The van der Waals surface area contributed by atoms with E-state index in [9.17, 15) is 13.2 Å². The normalized spacial score (nSPS) is 25.4. The second kappa shape index (κ2) is 6.96. The van der Waals surface area contributed by atoms with Crippen molar-refractivity contribution in [2.75, 3.05) is 29.5 Å². The number of hydrogen-bond acceptors (Lipinski definition) is 5. The molecular weight excluding hydrogens is 392 g/mol. The zero-order valence-electron chi connectivity index (χ0n) is 14.0. The van der Waals surface area contributed by atoms with E-state index >= 15 is 0 Å². The molecular formula is C18H19ClN2O3S2. The molecule has 0 radical (unpaired) electrons. The van der Waals surface area contributed by atoms with Crippen LogP contribution < -0.4 is 4.90 Å². The third-order valence-corrected chi connectivity index (χ3v) is 7.88. The maximum Gasteiger partial charge on any atom is 0.241 e. The van der Waals surface area contributed by atoms with Gasteiger partial charge in [-0.25, -0.2) is 8.42 Å². The van der Waals surface area contributed by atoms with Gasteiger partial charge in [-0.3, -0.25) is 9.69 Å². The predicted molar refractivity (Wildman–Crippen MR) is 105 cm³/mol. The molecule has 2 atom stereocenters. The average molecular weight is 411 g/mol. The molecule has 1 aromatic heterocycles. The van der Waals surface area contributed by atoms with Crippen LogP contribution in [0.2, 0.25) is 5.02 Å². The number of carbonyl (C=O) groups is 1. The van der Waals surface area contributed by atoms with Gasteiger partial charge < -0.3 is 4.90 Å². The van der Waals surface area contributed by atoms with Crippen molar-refractivity contribution in [2.45, 2.75) is 18.5 Å². The molecule has 4 rings (SSSR count). The SMILES string of the molecule is O=C1CN(CCc2cccs2)C2CS(=O)(=O)CC2N1c1cccc(Cl)c1. The number of thiophene rings is 1. The van der Waals surface area contributed by atoms with Gasteiger partial charge in [-0.2, -0.15) is 0 Å². The number of amides is 1. The summed E-state index contributed by atoms with van der Waals surface area (Å²) in [5.41, 5.74) is 0.674. The van der Waals surface area contributed by atoms with E-state index in [2.05, 4.69) is 6.07 Å². The molecule has 0 N–H and O–H groups in total. The summed E-state index contributed by atoms with van der Waals surface area (Å²) in [7, 11) is -3.17. The van der Waals surface area contributed by atoms with E-state index in [1.165, 1.54) is 4.88 Å². The summed E-state index contributed by atoms with van der Waals surface area (Å²) in [6.45, 7) is 0.918. The number of rotatable bonds is 4. The fraction of sp³-hybridized carbons (Fsp3) is 0.389. The lowest BCUT2D eigenvalue weighted by Gasteiger charge is -2.43. The summed E-state index contributed by atoms with van der Waals surface area (Å²) in [6, 6.07) is 10.6. The van der Waals surface area contributed by atoms with Crippen LogP contribution in [0.25, 0.3) is 0 Å². The van der Waals surface area contributed by atoms with E-state index < -0.39 is 9.84 Å². The Morgan fingerprint density at radius 2 is 1.96 bits per heavy atom. The highest BCUT2D eigenvalue weighted by Gasteiger charge is 2.49. The van der Waals surface area contributed by atoms with E-state index in [1.54, 1.807) is 34.4 Å². The highest BCUT2D eigenvalue weighted by Crippen LogP contribution is 2.32. The minimum absolute atomic E-state index is 0.00538. The van der Waals surface area contributed by atoms with E-state index in [4.69, 9.17) is 11.6 Å². The van der Waals surface area contributed by atoms with Gasteiger partial charge in [-0.15, -0.1) is 11.3 Å². The topological polar surface area (TPSA) is 57.7 Å². The molecule has 2 fully saturated rings. The molecule has 0 aliphatic carbocycles. The number of fused-ring (bicyclic) bond motifs is 1. The third kappa shape index (κ3) is 3.53. The van der Waals surface area contributed by atoms with Crippen molar-refractivity contribution in [1.29, 1.82) is 0 Å². The summed E-state index contributed by atoms with van der Waals surface area (Å²) in [6.07, 6.45) is 0.825. The van der Waals surface area contributed by atoms with Crippen molar-refractivity contribution in [3.05, 3.63) is 51.7 Å². The molecule has 1 amide bonds. The molecule has 8 heteroatoms. The fourth-order valence-corrected chi connectivity index (χ4v) is 6.74. The number of hydrogen-bond donors (Lipinski definition) is 0. The zero-order chi connectivity index (χ0) is 18.3. The molecule has 26 heavy (non-hydrogen) atoms. The Morgan fingerprint density at radius 3 is 2.69 bits per heavy atom. The summed E-state index contributed by atoms with van der Waals surface area (Å²) in [4.78, 5) is 17.8. The lowest BCUT2D eigenvalue weighted by Crippen LogP contribution is -2.62. The molecule has 1 aromatic carbocycles. The molecule has 2 unspecified atom stereocenters. The van der Waals surface area contributed by atoms with Crippen molar-refractivity contribution in [3.8, 4) is 0 Å². The predicted octanol–water partition coefficient (Wildman–Crippen LogP) is 2.46. The van der Waals surface area contributed by atoms with E-state index in [0.29, 0.717) is 17.3 Å². The Bertz CT molecular complexity index is 914. The van der Waals surface area contributed by atoms with E-state index in [1.807, 2.05) is 22.4 Å². The van der Waals surface area contributed by atoms with Crippen LogP contribution in [0.5, 0.6) is 0 Å². The number of sulfone groups is 1. The molecule has 0 bridgehead atoms. The van der Waals surface area contributed by atoms with Crippen LogP contribution >= 0.6 is 22.9 Å². The van der Waals surface area contributed by atoms with Gasteiger partial charge in [0.05, 0.1) is 24.1 Å². The summed E-state index contributed by atoms with van der Waals surface area (Å²) < 4.78 is 24.7. The molecule has 2 saturated heterocycles. The Morgan fingerprint density at radius 1 is 1.15 bits per heavy atom. The van der Waals surface area contributed by atoms with Crippen LogP contribution in [0.4, 0.5) is 5.69 Å². The third-order valence-electron chi connectivity index (χ3n) is 5.01. The summed E-state index contributed by atoms with van der Waals surface area (Å²) in [5, 5.41) is 2.56. The highest BCUT2D eigenvalue weighted by atomic mass is 35.5. The first kappa shape index (κ1) is 18.0. The summed E-state index contributed by atoms with van der Waals surface area (Å²) >= 11 is 7.76. The summed E-state index contributed by atoms with van der Waals surface area (Å²) in [5.74, 6) is 0.0366. The number of benzene rings is 1. The maximum atomic E-state index is 12.9. The molecule has 138 valence electrons. The largest absolute Gasteiger partial charge is 0.306 e. The fourth-order valence-electron chi connectivity index (χ4n) is 3.87. The minimum atomic E-state index is -3.17. The Balaban J connectivity index is 1.61. The Hall–Kier alpha value is -1.41. The van der Waals surface area contributed by atoms with Gasteiger partial charge in [-0.05, 0) is 36.1 Å². The first-order valence-corrected chi connectivity index (χ1v) is 11.6. The first-order chi connectivity index (χ1) is 12.4. The van der Waals surface area contributed by atoms with E-state index in [0.717, 1.165) is 6.42 Å². The van der Waals surface area contributed by atoms with Crippen molar-refractivity contribution >= 4 is 44.4 Å². The number of nitrogens with zero attached hydrogens (tertiary/aromatic N) is 2. The highest BCUT2D eigenvalue weighted by molar-refractivity contribution is 7.91. The van der Waals surface area contributed by atoms with Crippen LogP contribution in [-0.2, 0) is 21.1 Å². The molecule has 5 nitrogen and oxygen atoms in total. The second-order valence-electron chi connectivity index (χ2n) is 6.76. The molecule has 3 heterocycles. The standard InChI is InChI=1S/C18H19ClN2O3S2/c19-13-3-1-4-14(9-13)21-17-12-26(23,24)11-16(17)20(10-18(21)22)7-6-15-5-2-8-25-15/h1-5,8-9,16-17H,6-7,10-12H2. The zero-order valence-corrected chi connectivity index (χ0v) is 16.4. The van der Waals surface area contributed by atoms with Gasteiger partial charge in [0.25, 0.3) is 0 Å². The van der Waals surface area contributed by atoms with Crippen molar-refractivity contribution in [2.24, 2.45) is 0 Å². The number of carbonyl (C=O) groups excluding carboxylic acids is 1. The van der Waals surface area contributed by atoms with E-state index in [-0.39, 0.29) is 36.0 Å². The van der Waals surface area contributed by atoms with Crippen molar-refractivity contribution in [1.82, 2.24) is 4.90 Å². The molecule has 0 spiro atoms. The lowest BCUT2D eigenvalue weighted by molar-refractivity contribution is -0.123. The van der Waals surface area contributed by atoms with Crippen molar-refractivity contribution < 1.29 is 13.2 Å². The van der Waals surface area contributed by atoms with Crippen LogP contribution in [0.3, 0.4) is 0 Å². The molecule has 2 aromatic rings. The van der Waals surface area contributed by atoms with Gasteiger partial charge in [-0.1, -0.05) is 23.7 Å².